The van der Waals surface area contributed by atoms with E-state index in [4.69, 9.17) is 0 Å². The monoisotopic (exact) mass is 494 g/mol. The van der Waals surface area contributed by atoms with E-state index in [0.29, 0.717) is 22.4 Å². The molecule has 0 aliphatic carbocycles. The molecule has 1 N–H and O–H groups in total. The summed E-state index contributed by atoms with van der Waals surface area (Å²) >= 11 is 0. The molecule has 1 aromatic heterocycles. The van der Waals surface area contributed by atoms with Crippen molar-refractivity contribution in [2.24, 2.45) is 0 Å². The summed E-state index contributed by atoms with van der Waals surface area (Å²) in [4.78, 5) is 4.58. The summed E-state index contributed by atoms with van der Waals surface area (Å²) < 4.78 is 28.9. The van der Waals surface area contributed by atoms with Crippen molar-refractivity contribution >= 4 is 9.84 Å². The standard InChI is InChI=1S/C30H26N2O3S/c33-30(26-17-9-3-10-18-26,27-19-11-4-12-20-27)23-32-21-28(25-15-7-2-8-16-25)31-29(32)36(34,35)22-24-13-5-1-6-14-24/h1-21,33H,22-23H2. The van der Waals surface area contributed by atoms with Crippen LogP contribution in [0.1, 0.15) is 16.7 Å². The largest absolute Gasteiger partial charge is 0.378 e. The van der Waals surface area contributed by atoms with Gasteiger partial charge < -0.3 is 9.67 Å². The Morgan fingerprint density at radius 2 is 1.17 bits per heavy atom. The Labute approximate surface area is 211 Å². The zero-order valence-electron chi connectivity index (χ0n) is 19.6. The maximum Gasteiger partial charge on any atom is 0.228 e. The van der Waals surface area contributed by atoms with Crippen LogP contribution in [-0.2, 0) is 27.7 Å². The fourth-order valence-corrected chi connectivity index (χ4v) is 5.86. The van der Waals surface area contributed by atoms with Crippen molar-refractivity contribution in [1.82, 2.24) is 9.55 Å². The smallest absolute Gasteiger partial charge is 0.228 e. The highest BCUT2D eigenvalue weighted by atomic mass is 32.2. The molecule has 0 fully saturated rings. The molecular formula is C30H26N2O3S. The number of aromatic nitrogens is 2. The van der Waals surface area contributed by atoms with E-state index in [9.17, 15) is 13.5 Å². The summed E-state index contributed by atoms with van der Waals surface area (Å²) in [5.74, 6) is -0.186. The molecule has 0 saturated heterocycles. The number of rotatable bonds is 8. The summed E-state index contributed by atoms with van der Waals surface area (Å²) in [6.45, 7) is -0.0236. The zero-order chi connectivity index (χ0) is 25.0. The second kappa shape index (κ2) is 9.93. The van der Waals surface area contributed by atoms with Crippen LogP contribution >= 0.6 is 0 Å². The highest BCUT2D eigenvalue weighted by Gasteiger charge is 2.35. The predicted molar refractivity (Wildman–Crippen MR) is 141 cm³/mol. The van der Waals surface area contributed by atoms with Gasteiger partial charge in [0.1, 0.15) is 5.60 Å². The molecule has 0 atom stereocenters. The first-order valence-corrected chi connectivity index (χ1v) is 13.3. The van der Waals surface area contributed by atoms with Crippen molar-refractivity contribution in [2.75, 3.05) is 0 Å². The van der Waals surface area contributed by atoms with Crippen LogP contribution in [0.25, 0.3) is 11.3 Å². The maximum atomic E-state index is 13.7. The third-order valence-corrected chi connectivity index (χ3v) is 7.78. The molecule has 0 saturated carbocycles. The Morgan fingerprint density at radius 3 is 1.69 bits per heavy atom. The van der Waals surface area contributed by atoms with E-state index in [1.165, 1.54) is 0 Å². The van der Waals surface area contributed by atoms with Gasteiger partial charge >= 0.3 is 0 Å². The SMILES string of the molecule is O=S(=O)(Cc1ccccc1)c1nc(-c2ccccc2)cn1CC(O)(c1ccccc1)c1ccccc1. The van der Waals surface area contributed by atoms with Crippen LogP contribution in [-0.4, -0.2) is 23.1 Å². The van der Waals surface area contributed by atoms with E-state index in [2.05, 4.69) is 4.98 Å². The molecule has 0 unspecified atom stereocenters. The van der Waals surface area contributed by atoms with Crippen molar-refractivity contribution in [3.05, 3.63) is 144 Å². The first-order valence-electron chi connectivity index (χ1n) is 11.7. The minimum absolute atomic E-state index is 0.0236. The minimum atomic E-state index is -3.83. The highest BCUT2D eigenvalue weighted by molar-refractivity contribution is 7.90. The van der Waals surface area contributed by atoms with Crippen LogP contribution in [0.15, 0.2) is 133 Å². The molecule has 1 heterocycles. The van der Waals surface area contributed by atoms with Crippen LogP contribution in [0.4, 0.5) is 0 Å². The van der Waals surface area contributed by atoms with Crippen LogP contribution in [0.2, 0.25) is 0 Å². The average molecular weight is 495 g/mol. The number of aliphatic hydroxyl groups is 1. The molecule has 0 aliphatic heterocycles. The summed E-state index contributed by atoms with van der Waals surface area (Å²) in [5.41, 5.74) is 1.86. The Morgan fingerprint density at radius 1 is 0.694 bits per heavy atom. The quantitative estimate of drug-likeness (QED) is 0.311. The molecule has 36 heavy (non-hydrogen) atoms. The van der Waals surface area contributed by atoms with Crippen molar-refractivity contribution in [2.45, 2.75) is 23.1 Å². The van der Waals surface area contributed by atoms with Crippen molar-refractivity contribution in [3.8, 4) is 11.3 Å². The van der Waals surface area contributed by atoms with Crippen LogP contribution < -0.4 is 0 Å². The lowest BCUT2D eigenvalue weighted by molar-refractivity contribution is 0.0584. The van der Waals surface area contributed by atoms with Crippen molar-refractivity contribution in [1.29, 1.82) is 0 Å². The molecule has 0 aliphatic rings. The molecule has 5 nitrogen and oxygen atoms in total. The summed E-state index contributed by atoms with van der Waals surface area (Å²) in [5, 5.41) is 12.1. The fourth-order valence-electron chi connectivity index (χ4n) is 4.39. The number of sulfone groups is 1. The Kier molecular flexibility index (Phi) is 6.55. The van der Waals surface area contributed by atoms with Gasteiger partial charge in [-0.15, -0.1) is 0 Å². The maximum absolute atomic E-state index is 13.7. The molecule has 0 bridgehead atoms. The van der Waals surface area contributed by atoms with Gasteiger partial charge in [0.15, 0.2) is 0 Å². The molecule has 6 heteroatoms. The van der Waals surface area contributed by atoms with E-state index in [1.54, 1.807) is 22.9 Å². The number of hydrogen-bond acceptors (Lipinski definition) is 4. The number of nitrogens with zero attached hydrogens (tertiary/aromatic N) is 2. The lowest BCUT2D eigenvalue weighted by Gasteiger charge is -2.30. The number of benzene rings is 4. The van der Waals surface area contributed by atoms with E-state index in [1.807, 2.05) is 109 Å². The lowest BCUT2D eigenvalue weighted by atomic mass is 9.86. The summed E-state index contributed by atoms with van der Waals surface area (Å²) in [6, 6.07) is 37.1. The fraction of sp³-hybridized carbons (Fsp3) is 0.100. The molecule has 4 aromatic carbocycles. The van der Waals surface area contributed by atoms with Gasteiger partial charge in [-0.1, -0.05) is 121 Å². The average Bonchev–Trinajstić information content (AvgIpc) is 3.35. The lowest BCUT2D eigenvalue weighted by Crippen LogP contribution is -2.33. The van der Waals surface area contributed by atoms with Crippen LogP contribution in [0.3, 0.4) is 0 Å². The first-order chi connectivity index (χ1) is 17.5. The molecular weight excluding hydrogens is 468 g/mol. The summed E-state index contributed by atoms with van der Waals surface area (Å²) in [7, 11) is -3.83. The van der Waals surface area contributed by atoms with E-state index in [-0.39, 0.29) is 17.5 Å². The molecule has 5 aromatic rings. The minimum Gasteiger partial charge on any atom is -0.378 e. The van der Waals surface area contributed by atoms with E-state index >= 15 is 0 Å². The first kappa shape index (κ1) is 23.7. The van der Waals surface area contributed by atoms with Gasteiger partial charge in [-0.2, -0.15) is 0 Å². The van der Waals surface area contributed by atoms with Crippen LogP contribution in [0.5, 0.6) is 0 Å². The van der Waals surface area contributed by atoms with Gasteiger partial charge in [-0.05, 0) is 16.7 Å². The van der Waals surface area contributed by atoms with Crippen LogP contribution in [0, 0.1) is 0 Å². The third-order valence-electron chi connectivity index (χ3n) is 6.19. The Hall–Kier alpha value is -4.00. The van der Waals surface area contributed by atoms with Crippen molar-refractivity contribution < 1.29 is 13.5 Å². The molecule has 0 amide bonds. The molecule has 5 rings (SSSR count). The zero-order valence-corrected chi connectivity index (χ0v) is 20.4. The topological polar surface area (TPSA) is 72.2 Å². The van der Waals surface area contributed by atoms with E-state index in [0.717, 1.165) is 5.56 Å². The van der Waals surface area contributed by atoms with Gasteiger partial charge in [-0.25, -0.2) is 13.4 Å². The molecule has 0 radical (unpaired) electrons. The van der Waals surface area contributed by atoms with Gasteiger partial charge in [-0.3, -0.25) is 0 Å². The Bertz CT molecular complexity index is 1490. The van der Waals surface area contributed by atoms with Gasteiger partial charge in [0.25, 0.3) is 0 Å². The van der Waals surface area contributed by atoms with Gasteiger partial charge in [0.05, 0.1) is 18.0 Å². The Balaban J connectivity index is 1.65. The highest BCUT2D eigenvalue weighted by Crippen LogP contribution is 2.34. The third kappa shape index (κ3) is 4.87. The number of imidazole rings is 1. The summed E-state index contributed by atoms with van der Waals surface area (Å²) in [6.07, 6.45) is 1.71. The van der Waals surface area contributed by atoms with Gasteiger partial charge in [0, 0.05) is 11.8 Å². The second-order valence-corrected chi connectivity index (χ2v) is 10.6. The second-order valence-electron chi connectivity index (χ2n) is 8.74. The normalized spacial score (nSPS) is 11.9. The molecule has 180 valence electrons. The molecule has 0 spiro atoms. The predicted octanol–water partition coefficient (Wildman–Crippen LogP) is 5.46. The number of hydrogen-bond donors (Lipinski definition) is 1. The van der Waals surface area contributed by atoms with Gasteiger partial charge in [0.2, 0.25) is 15.0 Å². The van der Waals surface area contributed by atoms with E-state index < -0.39 is 15.4 Å². The van der Waals surface area contributed by atoms with Crippen molar-refractivity contribution in [3.63, 3.8) is 0 Å².